The zero-order valence-electron chi connectivity index (χ0n) is 11.2. The Morgan fingerprint density at radius 2 is 1.67 bits per heavy atom. The van der Waals surface area contributed by atoms with Crippen molar-refractivity contribution in [3.63, 3.8) is 0 Å². The van der Waals surface area contributed by atoms with E-state index in [0.29, 0.717) is 13.0 Å². The summed E-state index contributed by atoms with van der Waals surface area (Å²) in [6.45, 7) is 3.30. The maximum Gasteiger partial charge on any atom is 0.409 e. The van der Waals surface area contributed by atoms with Crippen LogP contribution in [0.25, 0.3) is 0 Å². The van der Waals surface area contributed by atoms with Crippen LogP contribution in [0.3, 0.4) is 0 Å². The Balaban J connectivity index is 2.68. The Labute approximate surface area is 116 Å². The molecule has 1 rings (SSSR count). The van der Waals surface area contributed by atoms with Crippen LogP contribution in [-0.2, 0) is 6.42 Å². The third kappa shape index (κ3) is 5.52. The average molecular weight is 319 g/mol. The molecule has 122 valence electrons. The lowest BCUT2D eigenvalue weighted by molar-refractivity contribution is -0.258. The summed E-state index contributed by atoms with van der Waals surface area (Å²) in [5, 5.41) is 9.16. The monoisotopic (exact) mass is 319 g/mol. The van der Waals surface area contributed by atoms with Crippen molar-refractivity contribution >= 4 is 0 Å². The molecule has 1 N–H and O–H groups in total. The Kier molecular flexibility index (Phi) is 5.99. The second kappa shape index (κ2) is 7.10. The first-order valence-electron chi connectivity index (χ1n) is 6.32. The lowest BCUT2D eigenvalue weighted by Gasteiger charge is -2.19. The number of aryl methyl sites for hydroxylation is 1. The molecule has 10 heteroatoms. The Morgan fingerprint density at radius 1 is 1.05 bits per heavy atom. The molecule has 0 atom stereocenters. The standard InChI is InChI=1S/C11H15F6N3O/c1-2-5-18-6-3-4-7-19-20-9(21-7)8(10(12,13)14)11(15,16)17/h8,18H,2-6H2,1H3. The maximum absolute atomic E-state index is 12.4. The highest BCUT2D eigenvalue weighted by molar-refractivity contribution is 5.00. The largest absolute Gasteiger partial charge is 0.424 e. The molecule has 0 saturated carbocycles. The molecule has 0 aliphatic carbocycles. The van der Waals surface area contributed by atoms with Crippen LogP contribution in [0.5, 0.6) is 0 Å². The smallest absolute Gasteiger partial charge is 0.409 e. The summed E-state index contributed by atoms with van der Waals surface area (Å²) >= 11 is 0. The number of hydrogen-bond acceptors (Lipinski definition) is 4. The number of aromatic nitrogens is 2. The summed E-state index contributed by atoms with van der Waals surface area (Å²) in [7, 11) is 0. The molecule has 21 heavy (non-hydrogen) atoms. The molecule has 0 radical (unpaired) electrons. The molecule has 1 aromatic heterocycles. The third-order valence-corrected chi connectivity index (χ3v) is 2.56. The highest BCUT2D eigenvalue weighted by atomic mass is 19.4. The lowest BCUT2D eigenvalue weighted by Crippen LogP contribution is -2.34. The molecule has 0 unspecified atom stereocenters. The number of rotatable bonds is 7. The molecule has 0 saturated heterocycles. The minimum absolute atomic E-state index is 0.117. The van der Waals surface area contributed by atoms with Crippen LogP contribution in [0.1, 0.15) is 37.5 Å². The fraction of sp³-hybridized carbons (Fsp3) is 0.818. The van der Waals surface area contributed by atoms with Crippen LogP contribution in [0.4, 0.5) is 26.3 Å². The maximum atomic E-state index is 12.4. The summed E-state index contributed by atoms with van der Waals surface area (Å²) in [4.78, 5) is 0. The van der Waals surface area contributed by atoms with E-state index in [1.807, 2.05) is 6.92 Å². The summed E-state index contributed by atoms with van der Waals surface area (Å²) in [5.41, 5.74) is 0. The molecule has 1 aromatic rings. The quantitative estimate of drug-likeness (QED) is 0.619. The van der Waals surface area contributed by atoms with Gasteiger partial charge in [-0.1, -0.05) is 6.92 Å². The van der Waals surface area contributed by atoms with E-state index >= 15 is 0 Å². The highest BCUT2D eigenvalue weighted by Gasteiger charge is 2.60. The second-order valence-corrected chi connectivity index (χ2v) is 4.40. The summed E-state index contributed by atoms with van der Waals surface area (Å²) in [6, 6.07) is 0. The van der Waals surface area contributed by atoms with Crippen LogP contribution in [0.2, 0.25) is 0 Å². The fourth-order valence-corrected chi connectivity index (χ4v) is 1.62. The van der Waals surface area contributed by atoms with Crippen LogP contribution < -0.4 is 5.32 Å². The molecule has 0 fully saturated rings. The van der Waals surface area contributed by atoms with E-state index in [0.717, 1.165) is 13.0 Å². The van der Waals surface area contributed by atoms with Crippen molar-refractivity contribution in [2.24, 2.45) is 0 Å². The van der Waals surface area contributed by atoms with Gasteiger partial charge in [0, 0.05) is 6.42 Å². The van der Waals surface area contributed by atoms with E-state index in [4.69, 9.17) is 0 Å². The number of nitrogens with one attached hydrogen (secondary N) is 1. The van der Waals surface area contributed by atoms with Gasteiger partial charge in [0.25, 0.3) is 0 Å². The number of nitrogens with zero attached hydrogens (tertiary/aromatic N) is 2. The zero-order chi connectivity index (χ0) is 16.1. The van der Waals surface area contributed by atoms with Gasteiger partial charge in [-0.25, -0.2) is 0 Å². The van der Waals surface area contributed by atoms with Crippen LogP contribution >= 0.6 is 0 Å². The van der Waals surface area contributed by atoms with Gasteiger partial charge in [0.15, 0.2) is 0 Å². The van der Waals surface area contributed by atoms with Gasteiger partial charge in [-0.05, 0) is 25.9 Å². The van der Waals surface area contributed by atoms with Crippen molar-refractivity contribution in [2.45, 2.75) is 44.5 Å². The molecule has 0 aliphatic heterocycles. The lowest BCUT2D eigenvalue weighted by atomic mass is 10.1. The van der Waals surface area contributed by atoms with Crippen molar-refractivity contribution in [3.05, 3.63) is 11.8 Å². The molecule has 0 amide bonds. The van der Waals surface area contributed by atoms with Gasteiger partial charge >= 0.3 is 12.4 Å². The van der Waals surface area contributed by atoms with E-state index in [9.17, 15) is 26.3 Å². The van der Waals surface area contributed by atoms with E-state index < -0.39 is 24.2 Å². The van der Waals surface area contributed by atoms with Crippen molar-refractivity contribution in [1.82, 2.24) is 15.5 Å². The van der Waals surface area contributed by atoms with Crippen LogP contribution in [-0.4, -0.2) is 35.6 Å². The van der Waals surface area contributed by atoms with E-state index in [1.165, 1.54) is 0 Å². The highest BCUT2D eigenvalue weighted by Crippen LogP contribution is 2.45. The van der Waals surface area contributed by atoms with Crippen molar-refractivity contribution in [3.8, 4) is 0 Å². The van der Waals surface area contributed by atoms with Crippen LogP contribution in [0.15, 0.2) is 4.42 Å². The van der Waals surface area contributed by atoms with Gasteiger partial charge < -0.3 is 9.73 Å². The second-order valence-electron chi connectivity index (χ2n) is 4.40. The Morgan fingerprint density at radius 3 is 2.19 bits per heavy atom. The first-order valence-corrected chi connectivity index (χ1v) is 6.32. The third-order valence-electron chi connectivity index (χ3n) is 2.56. The summed E-state index contributed by atoms with van der Waals surface area (Å²) < 4.78 is 79.2. The predicted octanol–water partition coefficient (Wildman–Crippen LogP) is 3.21. The van der Waals surface area contributed by atoms with Gasteiger partial charge in [-0.3, -0.25) is 0 Å². The average Bonchev–Trinajstić information content (AvgIpc) is 2.73. The summed E-state index contributed by atoms with van der Waals surface area (Å²) in [5.74, 6) is -5.45. The van der Waals surface area contributed by atoms with E-state index in [1.54, 1.807) is 0 Å². The number of alkyl halides is 6. The van der Waals surface area contributed by atoms with Crippen molar-refractivity contribution in [2.75, 3.05) is 13.1 Å². The molecule has 0 bridgehead atoms. The first kappa shape index (κ1) is 17.7. The van der Waals surface area contributed by atoms with E-state index in [2.05, 4.69) is 19.9 Å². The van der Waals surface area contributed by atoms with Gasteiger partial charge in [-0.15, -0.1) is 10.2 Å². The molecule has 1 heterocycles. The number of hydrogen-bond donors (Lipinski definition) is 1. The predicted molar refractivity (Wildman–Crippen MR) is 60.6 cm³/mol. The Bertz CT molecular complexity index is 414. The van der Waals surface area contributed by atoms with Gasteiger partial charge in [0.1, 0.15) is 0 Å². The molecule has 0 aromatic carbocycles. The fourth-order valence-electron chi connectivity index (χ4n) is 1.62. The minimum Gasteiger partial charge on any atom is -0.424 e. The first-order chi connectivity index (χ1) is 9.66. The minimum atomic E-state index is -5.52. The van der Waals surface area contributed by atoms with E-state index in [-0.39, 0.29) is 12.3 Å². The summed E-state index contributed by atoms with van der Waals surface area (Å²) in [6.07, 6.45) is -9.53. The van der Waals surface area contributed by atoms with Crippen molar-refractivity contribution < 1.29 is 30.8 Å². The zero-order valence-corrected chi connectivity index (χ0v) is 11.2. The topological polar surface area (TPSA) is 51.0 Å². The molecule has 0 spiro atoms. The van der Waals surface area contributed by atoms with Gasteiger partial charge in [0.05, 0.1) is 0 Å². The molecular formula is C11H15F6N3O. The normalized spacial score (nSPS) is 13.1. The van der Waals surface area contributed by atoms with Gasteiger partial charge in [0.2, 0.25) is 17.7 Å². The SMILES string of the molecule is CCCNCCCc1nnc(C(C(F)(F)F)C(F)(F)F)o1. The molecule has 0 aliphatic rings. The number of halogens is 6. The van der Waals surface area contributed by atoms with Crippen molar-refractivity contribution in [1.29, 1.82) is 0 Å². The van der Waals surface area contributed by atoms with Crippen LogP contribution in [0, 0.1) is 0 Å². The molecule has 4 nitrogen and oxygen atoms in total. The Hall–Kier alpha value is -1.32. The molecular weight excluding hydrogens is 304 g/mol. The van der Waals surface area contributed by atoms with Gasteiger partial charge in [-0.2, -0.15) is 26.3 Å².